The van der Waals surface area contributed by atoms with Crippen molar-refractivity contribution in [1.29, 1.82) is 0 Å². The van der Waals surface area contributed by atoms with E-state index >= 15 is 0 Å². The summed E-state index contributed by atoms with van der Waals surface area (Å²) in [6.45, 7) is 10.6. The topological polar surface area (TPSA) is 88.3 Å². The summed E-state index contributed by atoms with van der Waals surface area (Å²) < 4.78 is 5.33. The Hall–Kier alpha value is -3.00. The van der Waals surface area contributed by atoms with Gasteiger partial charge in [0.05, 0.1) is 28.3 Å². The molecule has 4 rings (SSSR count). The largest absolute Gasteiger partial charge is 0.361 e. The monoisotopic (exact) mass is 480 g/mol. The Morgan fingerprint density at radius 1 is 1.18 bits per heavy atom. The minimum atomic E-state index is -0.492. The van der Waals surface area contributed by atoms with Gasteiger partial charge in [0, 0.05) is 12.6 Å². The van der Waals surface area contributed by atoms with Gasteiger partial charge in [0.2, 0.25) is 11.8 Å². The number of nitrogens with zero attached hydrogens (tertiary/aromatic N) is 3. The van der Waals surface area contributed by atoms with Crippen LogP contribution in [0.3, 0.4) is 0 Å². The molecule has 3 aromatic rings. The van der Waals surface area contributed by atoms with Crippen LogP contribution in [-0.2, 0) is 9.59 Å². The summed E-state index contributed by atoms with van der Waals surface area (Å²) in [6.07, 6.45) is 2.20. The zero-order valence-corrected chi connectivity index (χ0v) is 21.1. The fraction of sp³-hybridized carbons (Fsp3) is 0.462. The van der Waals surface area contributed by atoms with Crippen molar-refractivity contribution in [1.82, 2.24) is 20.4 Å². The van der Waals surface area contributed by atoms with Gasteiger partial charge in [-0.1, -0.05) is 50.2 Å². The van der Waals surface area contributed by atoms with Crippen LogP contribution in [-0.4, -0.2) is 39.4 Å². The number of carbonyl (C=O) groups is 2. The molecule has 4 atom stereocenters. The molecule has 0 bridgehead atoms. The molecule has 1 unspecified atom stereocenters. The number of likely N-dealkylation sites (tertiary alicyclic amines) is 1. The summed E-state index contributed by atoms with van der Waals surface area (Å²) in [5, 5.41) is 6.91. The highest BCUT2D eigenvalue weighted by atomic mass is 32.1. The van der Waals surface area contributed by atoms with Crippen molar-refractivity contribution < 1.29 is 14.1 Å². The predicted octanol–water partition coefficient (Wildman–Crippen LogP) is 4.96. The standard InChI is InChI=1S/C26H32N4O3S/c1-15(2)23(22-10-11-28-33-22)26(32)30-13-16(3)12-21(30)25(31)29-17(4)19-6-8-20(9-7-19)24-18(5)27-14-34-24/h6-11,14-17,21,23H,12-13H2,1-5H3,(H,29,31)/t16-,17+,21+,23?/m1/s1. The number of nitrogens with one attached hydrogen (secondary N) is 1. The molecule has 180 valence electrons. The fourth-order valence-electron chi connectivity index (χ4n) is 4.73. The Balaban J connectivity index is 1.47. The molecule has 1 N–H and O–H groups in total. The van der Waals surface area contributed by atoms with Crippen LogP contribution >= 0.6 is 11.3 Å². The minimum Gasteiger partial charge on any atom is -0.361 e. The van der Waals surface area contributed by atoms with Gasteiger partial charge in [-0.3, -0.25) is 9.59 Å². The fourth-order valence-corrected chi connectivity index (χ4v) is 5.54. The number of carbonyl (C=O) groups excluding carboxylic acids is 2. The lowest BCUT2D eigenvalue weighted by molar-refractivity contribution is -0.141. The summed E-state index contributed by atoms with van der Waals surface area (Å²) in [4.78, 5) is 34.1. The lowest BCUT2D eigenvalue weighted by Gasteiger charge is -2.29. The Labute approximate surface area is 204 Å². The zero-order chi connectivity index (χ0) is 24.4. The van der Waals surface area contributed by atoms with Crippen LogP contribution in [0.15, 0.2) is 46.6 Å². The molecule has 7 nitrogen and oxygen atoms in total. The van der Waals surface area contributed by atoms with E-state index in [0.29, 0.717) is 18.7 Å². The van der Waals surface area contributed by atoms with Crippen LogP contribution < -0.4 is 5.32 Å². The molecule has 8 heteroatoms. The first-order valence-electron chi connectivity index (χ1n) is 11.8. The number of hydrogen-bond acceptors (Lipinski definition) is 6. The molecule has 2 amide bonds. The lowest BCUT2D eigenvalue weighted by atomic mass is 9.91. The predicted molar refractivity (Wildman–Crippen MR) is 132 cm³/mol. The van der Waals surface area contributed by atoms with E-state index in [1.54, 1.807) is 28.5 Å². The van der Waals surface area contributed by atoms with E-state index in [0.717, 1.165) is 21.7 Å². The molecule has 1 aromatic carbocycles. The second-order valence-electron chi connectivity index (χ2n) is 9.60. The van der Waals surface area contributed by atoms with E-state index in [1.165, 1.54) is 0 Å². The molecule has 0 radical (unpaired) electrons. The van der Waals surface area contributed by atoms with Crippen molar-refractivity contribution >= 4 is 23.2 Å². The summed E-state index contributed by atoms with van der Waals surface area (Å²) in [6, 6.07) is 9.28. The summed E-state index contributed by atoms with van der Waals surface area (Å²) in [7, 11) is 0. The van der Waals surface area contributed by atoms with Gasteiger partial charge in [0.25, 0.3) is 0 Å². The number of rotatable bonds is 7. The van der Waals surface area contributed by atoms with E-state index in [9.17, 15) is 9.59 Å². The Bertz CT molecular complexity index is 1120. The van der Waals surface area contributed by atoms with Gasteiger partial charge in [-0.15, -0.1) is 11.3 Å². The summed E-state index contributed by atoms with van der Waals surface area (Å²) in [5.41, 5.74) is 5.01. The Morgan fingerprint density at radius 2 is 1.91 bits per heavy atom. The normalized spacial score (nSPS) is 19.9. The number of hydrogen-bond donors (Lipinski definition) is 1. The average molecular weight is 481 g/mol. The molecule has 0 spiro atoms. The minimum absolute atomic E-state index is 0.0275. The van der Waals surface area contributed by atoms with Crippen molar-refractivity contribution in [3.05, 3.63) is 59.1 Å². The molecule has 0 saturated carbocycles. The summed E-state index contributed by atoms with van der Waals surface area (Å²) >= 11 is 1.62. The van der Waals surface area contributed by atoms with Crippen LogP contribution in [0.1, 0.15) is 63.1 Å². The molecule has 1 aliphatic rings. The maximum Gasteiger partial charge on any atom is 0.243 e. The number of thiazole rings is 1. The van der Waals surface area contributed by atoms with Gasteiger partial charge < -0.3 is 14.7 Å². The van der Waals surface area contributed by atoms with Gasteiger partial charge >= 0.3 is 0 Å². The molecule has 1 saturated heterocycles. The number of amides is 2. The van der Waals surface area contributed by atoms with Gasteiger partial charge in [0.1, 0.15) is 17.7 Å². The third-order valence-electron chi connectivity index (χ3n) is 6.57. The highest BCUT2D eigenvalue weighted by Crippen LogP contribution is 2.33. The molecule has 1 aliphatic heterocycles. The van der Waals surface area contributed by atoms with Crippen LogP contribution in [0.2, 0.25) is 0 Å². The van der Waals surface area contributed by atoms with Crippen LogP contribution in [0.4, 0.5) is 0 Å². The van der Waals surface area contributed by atoms with Crippen molar-refractivity contribution in [3.8, 4) is 10.4 Å². The first kappa shape index (κ1) is 24.1. The second-order valence-corrected chi connectivity index (χ2v) is 10.5. The quantitative estimate of drug-likeness (QED) is 0.516. The maximum absolute atomic E-state index is 13.5. The van der Waals surface area contributed by atoms with Crippen molar-refractivity contribution in [2.24, 2.45) is 11.8 Å². The van der Waals surface area contributed by atoms with E-state index < -0.39 is 12.0 Å². The smallest absolute Gasteiger partial charge is 0.243 e. The molecular formula is C26H32N4O3S. The molecule has 2 aromatic heterocycles. The third-order valence-corrected chi connectivity index (χ3v) is 7.55. The Kier molecular flexibility index (Phi) is 7.16. The van der Waals surface area contributed by atoms with Gasteiger partial charge in [-0.05, 0) is 43.2 Å². The molecule has 3 heterocycles. The van der Waals surface area contributed by atoms with E-state index in [-0.39, 0.29) is 29.7 Å². The number of benzene rings is 1. The van der Waals surface area contributed by atoms with E-state index in [4.69, 9.17) is 4.52 Å². The van der Waals surface area contributed by atoms with Gasteiger partial charge in [-0.2, -0.15) is 0 Å². The van der Waals surface area contributed by atoms with E-state index in [2.05, 4.69) is 34.5 Å². The van der Waals surface area contributed by atoms with Crippen molar-refractivity contribution in [2.45, 2.75) is 59.0 Å². The van der Waals surface area contributed by atoms with Crippen molar-refractivity contribution in [2.75, 3.05) is 6.54 Å². The number of aryl methyl sites for hydroxylation is 1. The molecular weight excluding hydrogens is 448 g/mol. The third kappa shape index (κ3) is 4.92. The average Bonchev–Trinajstić information content (AvgIpc) is 3.55. The maximum atomic E-state index is 13.5. The van der Waals surface area contributed by atoms with E-state index in [1.807, 2.05) is 45.3 Å². The lowest BCUT2D eigenvalue weighted by Crippen LogP contribution is -2.48. The molecule has 1 fully saturated rings. The SMILES string of the molecule is Cc1ncsc1-c1ccc([C@H](C)NC(=O)[C@@H]2C[C@@H](C)CN2C(=O)C(c2ccno2)C(C)C)cc1. The first-order chi connectivity index (χ1) is 16.3. The van der Waals surface area contributed by atoms with Gasteiger partial charge in [-0.25, -0.2) is 4.98 Å². The number of aromatic nitrogens is 2. The van der Waals surface area contributed by atoms with Crippen LogP contribution in [0, 0.1) is 18.8 Å². The molecule has 0 aliphatic carbocycles. The summed E-state index contributed by atoms with van der Waals surface area (Å²) in [5.74, 6) is 0.173. The van der Waals surface area contributed by atoms with Gasteiger partial charge in [0.15, 0.2) is 0 Å². The van der Waals surface area contributed by atoms with Crippen LogP contribution in [0.25, 0.3) is 10.4 Å². The highest BCUT2D eigenvalue weighted by molar-refractivity contribution is 7.13. The Morgan fingerprint density at radius 3 is 2.50 bits per heavy atom. The highest BCUT2D eigenvalue weighted by Gasteiger charge is 2.42. The molecule has 34 heavy (non-hydrogen) atoms. The van der Waals surface area contributed by atoms with Crippen LogP contribution in [0.5, 0.6) is 0 Å². The zero-order valence-electron chi connectivity index (χ0n) is 20.3. The van der Waals surface area contributed by atoms with Crippen molar-refractivity contribution in [3.63, 3.8) is 0 Å². The first-order valence-corrected chi connectivity index (χ1v) is 12.7. The second kappa shape index (κ2) is 10.1.